The molecule has 33 heavy (non-hydrogen) atoms. The Morgan fingerprint density at radius 1 is 1.18 bits per heavy atom. The summed E-state index contributed by atoms with van der Waals surface area (Å²) in [5, 5.41) is 6.84. The van der Waals surface area contributed by atoms with Gasteiger partial charge in [0.15, 0.2) is 5.13 Å². The van der Waals surface area contributed by atoms with Crippen molar-refractivity contribution in [3.63, 3.8) is 0 Å². The van der Waals surface area contributed by atoms with Crippen LogP contribution in [0, 0.1) is 0 Å². The fraction of sp³-hybridized carbons (Fsp3) is 0.292. The van der Waals surface area contributed by atoms with Gasteiger partial charge in [-0.3, -0.25) is 14.9 Å². The van der Waals surface area contributed by atoms with Crippen LogP contribution < -0.4 is 15.4 Å². The average Bonchev–Trinajstić information content (AvgIpc) is 3.20. The first-order valence-electron chi connectivity index (χ1n) is 10.6. The predicted molar refractivity (Wildman–Crippen MR) is 130 cm³/mol. The summed E-state index contributed by atoms with van der Waals surface area (Å²) >= 11 is 7.65. The van der Waals surface area contributed by atoms with Crippen molar-refractivity contribution < 1.29 is 14.3 Å². The first-order chi connectivity index (χ1) is 15.8. The molecule has 9 heteroatoms. The van der Waals surface area contributed by atoms with Gasteiger partial charge in [-0.25, -0.2) is 4.98 Å². The van der Waals surface area contributed by atoms with E-state index in [1.54, 1.807) is 36.4 Å². The number of nitrogens with zero attached hydrogens (tertiary/aromatic N) is 2. The Bertz CT molecular complexity index is 1200. The van der Waals surface area contributed by atoms with Crippen LogP contribution >= 0.6 is 22.9 Å². The van der Waals surface area contributed by atoms with Gasteiger partial charge in [-0.05, 0) is 49.9 Å². The Balaban J connectivity index is 1.43. The number of halogens is 1. The molecule has 2 heterocycles. The molecule has 0 saturated carbocycles. The second-order valence-electron chi connectivity index (χ2n) is 8.00. The van der Waals surface area contributed by atoms with Crippen LogP contribution in [0.25, 0.3) is 0 Å². The molecule has 2 N–H and O–H groups in total. The Hall–Kier alpha value is -2.94. The molecule has 1 atom stereocenters. The number of hydrogen-bond acceptors (Lipinski definition) is 6. The van der Waals surface area contributed by atoms with E-state index in [4.69, 9.17) is 16.3 Å². The molecule has 7 nitrogen and oxygen atoms in total. The summed E-state index contributed by atoms with van der Waals surface area (Å²) in [6.45, 7) is 3.69. The molecular weight excluding hydrogens is 460 g/mol. The van der Waals surface area contributed by atoms with Crippen LogP contribution in [0.4, 0.5) is 5.13 Å². The van der Waals surface area contributed by atoms with E-state index < -0.39 is 0 Å². The van der Waals surface area contributed by atoms with Crippen molar-refractivity contribution in [2.24, 2.45) is 0 Å². The zero-order valence-electron chi connectivity index (χ0n) is 18.6. The fourth-order valence-corrected chi connectivity index (χ4v) is 5.01. The monoisotopic (exact) mass is 484 g/mol. The molecule has 0 aliphatic carbocycles. The molecule has 4 rings (SSSR count). The summed E-state index contributed by atoms with van der Waals surface area (Å²) in [4.78, 5) is 33.5. The first kappa shape index (κ1) is 23.2. The van der Waals surface area contributed by atoms with Crippen molar-refractivity contribution in [1.29, 1.82) is 0 Å². The second kappa shape index (κ2) is 9.91. The fourth-order valence-electron chi connectivity index (χ4n) is 3.67. The van der Waals surface area contributed by atoms with Crippen LogP contribution in [0.1, 0.15) is 49.8 Å². The third kappa shape index (κ3) is 5.35. The standard InChI is InChI=1S/C24H25ClN4O3S/c1-14(26-22(30)17-7-8-20(32-3)18(25)12-17)15-5-4-6-16(11-15)23(31)28-24-27-19-9-10-29(2)13-21(19)33-24/h4-8,11-12,14H,9-10,13H2,1-3H3,(H,26,30)(H,27,28,31)/t14-/m0/s1. The van der Waals surface area contributed by atoms with Crippen molar-refractivity contribution >= 4 is 39.9 Å². The molecule has 0 bridgehead atoms. The summed E-state index contributed by atoms with van der Waals surface area (Å²) in [5.41, 5.74) is 2.82. The second-order valence-corrected chi connectivity index (χ2v) is 9.49. The number of anilines is 1. The number of methoxy groups -OCH3 is 1. The first-order valence-corrected chi connectivity index (χ1v) is 11.8. The zero-order valence-corrected chi connectivity index (χ0v) is 20.2. The minimum atomic E-state index is -0.311. The predicted octanol–water partition coefficient (Wildman–Crippen LogP) is 4.54. The van der Waals surface area contributed by atoms with Crippen molar-refractivity contribution in [2.75, 3.05) is 26.0 Å². The van der Waals surface area contributed by atoms with Gasteiger partial charge in [0, 0.05) is 35.5 Å². The maximum atomic E-state index is 12.8. The number of rotatable bonds is 6. The lowest BCUT2D eigenvalue weighted by Crippen LogP contribution is -2.27. The average molecular weight is 485 g/mol. The molecule has 0 fully saturated rings. The molecule has 1 aliphatic heterocycles. The minimum absolute atomic E-state index is 0.225. The Kier molecular flexibility index (Phi) is 6.97. The highest BCUT2D eigenvalue weighted by atomic mass is 35.5. The highest BCUT2D eigenvalue weighted by Gasteiger charge is 2.20. The summed E-state index contributed by atoms with van der Waals surface area (Å²) in [6, 6.07) is 11.8. The van der Waals surface area contributed by atoms with Gasteiger partial charge in [-0.1, -0.05) is 23.7 Å². The van der Waals surface area contributed by atoms with Gasteiger partial charge in [0.05, 0.1) is 23.9 Å². The topological polar surface area (TPSA) is 83.6 Å². The van der Waals surface area contributed by atoms with Crippen LogP contribution in [0.5, 0.6) is 5.75 Å². The van der Waals surface area contributed by atoms with Gasteiger partial charge >= 0.3 is 0 Å². The number of fused-ring (bicyclic) bond motifs is 1. The highest BCUT2D eigenvalue weighted by molar-refractivity contribution is 7.15. The third-order valence-electron chi connectivity index (χ3n) is 5.55. The van der Waals surface area contributed by atoms with E-state index in [1.807, 2.05) is 13.0 Å². The number of hydrogen-bond donors (Lipinski definition) is 2. The molecule has 172 valence electrons. The van der Waals surface area contributed by atoms with Crippen LogP contribution in [0.15, 0.2) is 42.5 Å². The number of amides is 2. The molecule has 0 unspecified atom stereocenters. The molecule has 3 aromatic rings. The maximum Gasteiger partial charge on any atom is 0.257 e. The molecule has 1 aromatic heterocycles. The number of ether oxygens (including phenoxy) is 1. The molecular formula is C24H25ClN4O3S. The lowest BCUT2D eigenvalue weighted by Gasteiger charge is -2.20. The van der Waals surface area contributed by atoms with E-state index in [1.165, 1.54) is 23.3 Å². The van der Waals surface area contributed by atoms with E-state index in [0.717, 1.165) is 30.8 Å². The molecule has 2 aromatic carbocycles. The van der Waals surface area contributed by atoms with Crippen LogP contribution in [0.2, 0.25) is 5.02 Å². The summed E-state index contributed by atoms with van der Waals surface area (Å²) in [5.74, 6) is 0.0186. The zero-order chi connectivity index (χ0) is 23.5. The van der Waals surface area contributed by atoms with E-state index in [0.29, 0.717) is 27.0 Å². The lowest BCUT2D eigenvalue weighted by molar-refractivity contribution is 0.0939. The number of carbonyl (C=O) groups is 2. The number of aromatic nitrogens is 1. The highest BCUT2D eigenvalue weighted by Crippen LogP contribution is 2.28. The van der Waals surface area contributed by atoms with Crippen LogP contribution in [-0.4, -0.2) is 42.4 Å². The van der Waals surface area contributed by atoms with Crippen LogP contribution in [-0.2, 0) is 13.0 Å². The van der Waals surface area contributed by atoms with E-state index in [-0.39, 0.29) is 17.9 Å². The quantitative estimate of drug-likeness (QED) is 0.536. The lowest BCUT2D eigenvalue weighted by atomic mass is 10.0. The van der Waals surface area contributed by atoms with Gasteiger partial charge in [0.25, 0.3) is 11.8 Å². The third-order valence-corrected chi connectivity index (χ3v) is 6.85. The molecule has 0 radical (unpaired) electrons. The van der Waals surface area contributed by atoms with Gasteiger partial charge in [-0.15, -0.1) is 11.3 Å². The number of nitrogens with one attached hydrogen (secondary N) is 2. The number of likely N-dealkylation sites (N-methyl/N-ethyl adjacent to an activating group) is 1. The van der Waals surface area contributed by atoms with Gasteiger partial charge in [0.1, 0.15) is 5.75 Å². The minimum Gasteiger partial charge on any atom is -0.495 e. The van der Waals surface area contributed by atoms with E-state index in [2.05, 4.69) is 27.6 Å². The molecule has 2 amide bonds. The van der Waals surface area contributed by atoms with E-state index >= 15 is 0 Å². The SMILES string of the molecule is COc1ccc(C(=O)N[C@@H](C)c2cccc(C(=O)Nc3nc4c(s3)CN(C)CC4)c2)cc1Cl. The van der Waals surface area contributed by atoms with Crippen molar-refractivity contribution in [2.45, 2.75) is 25.9 Å². The summed E-state index contributed by atoms with van der Waals surface area (Å²) in [7, 11) is 3.60. The van der Waals surface area contributed by atoms with Gasteiger partial charge in [-0.2, -0.15) is 0 Å². The van der Waals surface area contributed by atoms with Gasteiger partial charge < -0.3 is 15.0 Å². The maximum absolute atomic E-state index is 12.8. The Labute approximate surface area is 201 Å². The summed E-state index contributed by atoms with van der Waals surface area (Å²) < 4.78 is 5.13. The smallest absolute Gasteiger partial charge is 0.257 e. The van der Waals surface area contributed by atoms with E-state index in [9.17, 15) is 9.59 Å². The number of carbonyl (C=O) groups excluding carboxylic acids is 2. The largest absolute Gasteiger partial charge is 0.495 e. The summed E-state index contributed by atoms with van der Waals surface area (Å²) in [6.07, 6.45) is 0.893. The van der Waals surface area contributed by atoms with Crippen molar-refractivity contribution in [1.82, 2.24) is 15.2 Å². The number of thiazole rings is 1. The van der Waals surface area contributed by atoms with Crippen molar-refractivity contribution in [3.05, 3.63) is 74.7 Å². The normalized spacial score (nSPS) is 14.3. The van der Waals surface area contributed by atoms with Crippen molar-refractivity contribution in [3.8, 4) is 5.75 Å². The molecule has 1 aliphatic rings. The van der Waals surface area contributed by atoms with Crippen LogP contribution in [0.3, 0.4) is 0 Å². The number of benzene rings is 2. The van der Waals surface area contributed by atoms with Gasteiger partial charge in [0.2, 0.25) is 0 Å². The molecule has 0 spiro atoms. The molecule has 0 saturated heterocycles. The Morgan fingerprint density at radius 2 is 1.97 bits per heavy atom. The Morgan fingerprint density at radius 3 is 2.73 bits per heavy atom.